The van der Waals surface area contributed by atoms with E-state index in [9.17, 15) is 4.79 Å². The molecular weight excluding hydrogens is 349 g/mol. The average molecular weight is 367 g/mol. The van der Waals surface area contributed by atoms with Crippen molar-refractivity contribution in [1.82, 2.24) is 4.90 Å². The van der Waals surface area contributed by atoms with E-state index >= 15 is 0 Å². The highest BCUT2D eigenvalue weighted by molar-refractivity contribution is 14.1. The van der Waals surface area contributed by atoms with Crippen LogP contribution in [0.4, 0.5) is 0 Å². The molecule has 96 valence electrons. The van der Waals surface area contributed by atoms with Gasteiger partial charge in [0.25, 0.3) is 5.91 Å². The molecule has 0 aliphatic rings. The molecule has 0 aliphatic heterocycles. The summed E-state index contributed by atoms with van der Waals surface area (Å²) >= 11 is 3.84. The third kappa shape index (κ3) is 4.93. The van der Waals surface area contributed by atoms with Gasteiger partial charge in [-0.1, -0.05) is 13.8 Å². The van der Waals surface area contributed by atoms with Gasteiger partial charge in [-0.15, -0.1) is 11.3 Å². The monoisotopic (exact) mass is 367 g/mol. The van der Waals surface area contributed by atoms with Gasteiger partial charge in [-0.2, -0.15) is 0 Å². The first-order chi connectivity index (χ1) is 8.04. The molecular formula is C12H18INO2S. The van der Waals surface area contributed by atoms with Crippen LogP contribution in [-0.4, -0.2) is 37.6 Å². The quantitative estimate of drug-likeness (QED) is 0.724. The Labute approximate surface area is 120 Å². The summed E-state index contributed by atoms with van der Waals surface area (Å²) in [6.45, 7) is 6.24. The maximum Gasteiger partial charge on any atom is 0.254 e. The Bertz CT molecular complexity index is 365. The van der Waals surface area contributed by atoms with Gasteiger partial charge >= 0.3 is 0 Å². The Kier molecular flexibility index (Phi) is 6.43. The maximum absolute atomic E-state index is 12.3. The van der Waals surface area contributed by atoms with Crippen LogP contribution in [-0.2, 0) is 4.74 Å². The SMILES string of the molecule is COCCN(CC(C)C)C(=O)c1csc(I)c1. The summed E-state index contributed by atoms with van der Waals surface area (Å²) in [4.78, 5) is 14.1. The zero-order valence-electron chi connectivity index (χ0n) is 10.4. The molecule has 1 aromatic rings. The predicted octanol–water partition coefficient (Wildman–Crippen LogP) is 3.10. The molecule has 1 heterocycles. The molecule has 0 radical (unpaired) electrons. The first-order valence-corrected chi connectivity index (χ1v) is 7.52. The lowest BCUT2D eigenvalue weighted by Gasteiger charge is -2.23. The molecule has 0 aromatic carbocycles. The third-order valence-electron chi connectivity index (χ3n) is 2.25. The molecule has 0 N–H and O–H groups in total. The summed E-state index contributed by atoms with van der Waals surface area (Å²) in [7, 11) is 1.66. The van der Waals surface area contributed by atoms with Gasteiger partial charge in [0.15, 0.2) is 0 Å². The lowest BCUT2D eigenvalue weighted by molar-refractivity contribution is 0.0673. The largest absolute Gasteiger partial charge is 0.383 e. The van der Waals surface area contributed by atoms with Crippen molar-refractivity contribution in [3.8, 4) is 0 Å². The molecule has 0 spiro atoms. The van der Waals surface area contributed by atoms with Crippen LogP contribution in [0.3, 0.4) is 0 Å². The molecule has 0 saturated carbocycles. The Morgan fingerprint density at radius 3 is 2.76 bits per heavy atom. The van der Waals surface area contributed by atoms with Crippen LogP contribution in [0.15, 0.2) is 11.4 Å². The molecule has 0 unspecified atom stereocenters. The molecule has 0 fully saturated rings. The van der Waals surface area contributed by atoms with E-state index in [-0.39, 0.29) is 5.91 Å². The van der Waals surface area contributed by atoms with E-state index in [1.54, 1.807) is 18.4 Å². The van der Waals surface area contributed by atoms with Crippen LogP contribution in [0.5, 0.6) is 0 Å². The van der Waals surface area contributed by atoms with Crippen molar-refractivity contribution in [1.29, 1.82) is 0 Å². The molecule has 1 amide bonds. The smallest absolute Gasteiger partial charge is 0.254 e. The molecule has 0 saturated heterocycles. The molecule has 3 nitrogen and oxygen atoms in total. The zero-order chi connectivity index (χ0) is 12.8. The van der Waals surface area contributed by atoms with Gasteiger partial charge in [-0.05, 0) is 34.6 Å². The van der Waals surface area contributed by atoms with Gasteiger partial charge in [0.05, 0.1) is 15.1 Å². The minimum atomic E-state index is 0.106. The molecule has 5 heteroatoms. The van der Waals surface area contributed by atoms with E-state index < -0.39 is 0 Å². The summed E-state index contributed by atoms with van der Waals surface area (Å²) in [5.74, 6) is 0.573. The maximum atomic E-state index is 12.3. The number of carbonyl (C=O) groups is 1. The fraction of sp³-hybridized carbons (Fsp3) is 0.583. The molecule has 0 bridgehead atoms. The molecule has 1 rings (SSSR count). The summed E-state index contributed by atoms with van der Waals surface area (Å²) in [5.41, 5.74) is 0.788. The molecule has 1 aromatic heterocycles. The standard InChI is InChI=1S/C12H18INO2S/c1-9(2)7-14(4-5-16-3)12(15)10-6-11(13)17-8-10/h6,8-9H,4-5,7H2,1-3H3. The number of methoxy groups -OCH3 is 1. The Morgan fingerprint density at radius 2 is 2.29 bits per heavy atom. The summed E-state index contributed by atoms with van der Waals surface area (Å²) in [6, 6.07) is 1.94. The highest BCUT2D eigenvalue weighted by Gasteiger charge is 2.17. The highest BCUT2D eigenvalue weighted by atomic mass is 127. The fourth-order valence-electron chi connectivity index (χ4n) is 1.52. The number of amides is 1. The van der Waals surface area contributed by atoms with Crippen LogP contribution in [0.25, 0.3) is 0 Å². The lowest BCUT2D eigenvalue weighted by Crippen LogP contribution is -2.36. The van der Waals surface area contributed by atoms with E-state index in [0.29, 0.717) is 19.1 Å². The normalized spacial score (nSPS) is 10.9. The second-order valence-electron chi connectivity index (χ2n) is 4.28. The number of nitrogens with zero attached hydrogens (tertiary/aromatic N) is 1. The third-order valence-corrected chi connectivity index (χ3v) is 4.04. The van der Waals surface area contributed by atoms with Crippen molar-refractivity contribution in [3.63, 3.8) is 0 Å². The van der Waals surface area contributed by atoms with Gasteiger partial charge in [-0.3, -0.25) is 4.79 Å². The van der Waals surface area contributed by atoms with Gasteiger partial charge in [0.2, 0.25) is 0 Å². The van der Waals surface area contributed by atoms with E-state index in [0.717, 1.165) is 15.0 Å². The zero-order valence-corrected chi connectivity index (χ0v) is 13.4. The molecule has 0 atom stereocenters. The van der Waals surface area contributed by atoms with Crippen LogP contribution in [0.1, 0.15) is 24.2 Å². The van der Waals surface area contributed by atoms with Crippen molar-refractivity contribution < 1.29 is 9.53 Å². The number of hydrogen-bond acceptors (Lipinski definition) is 3. The minimum absolute atomic E-state index is 0.106. The van der Waals surface area contributed by atoms with Crippen LogP contribution >= 0.6 is 33.9 Å². The van der Waals surface area contributed by atoms with Crippen LogP contribution < -0.4 is 0 Å². The van der Waals surface area contributed by atoms with Crippen molar-refractivity contribution in [3.05, 3.63) is 19.9 Å². The Hall–Kier alpha value is -0.140. The Morgan fingerprint density at radius 1 is 1.59 bits per heavy atom. The number of halogens is 1. The van der Waals surface area contributed by atoms with Crippen molar-refractivity contribution in [2.24, 2.45) is 5.92 Å². The van der Waals surface area contributed by atoms with E-state index in [1.807, 2.05) is 16.3 Å². The van der Waals surface area contributed by atoms with Crippen molar-refractivity contribution in [2.75, 3.05) is 26.8 Å². The first kappa shape index (κ1) is 14.9. The average Bonchev–Trinajstić information content (AvgIpc) is 2.69. The van der Waals surface area contributed by atoms with Gasteiger partial charge in [0.1, 0.15) is 0 Å². The van der Waals surface area contributed by atoms with Gasteiger partial charge in [0, 0.05) is 25.6 Å². The van der Waals surface area contributed by atoms with Gasteiger partial charge in [-0.25, -0.2) is 0 Å². The minimum Gasteiger partial charge on any atom is -0.383 e. The first-order valence-electron chi connectivity index (χ1n) is 5.56. The molecule has 17 heavy (non-hydrogen) atoms. The second-order valence-corrected chi connectivity index (χ2v) is 7.08. The number of carbonyl (C=O) groups excluding carboxylic acids is 1. The number of ether oxygens (including phenoxy) is 1. The van der Waals surface area contributed by atoms with Crippen LogP contribution in [0.2, 0.25) is 0 Å². The lowest BCUT2D eigenvalue weighted by atomic mass is 10.2. The molecule has 0 aliphatic carbocycles. The number of thiophene rings is 1. The highest BCUT2D eigenvalue weighted by Crippen LogP contribution is 2.18. The number of rotatable bonds is 6. The number of hydrogen-bond donors (Lipinski definition) is 0. The fourth-order valence-corrected chi connectivity index (χ4v) is 2.84. The van der Waals surface area contributed by atoms with E-state index in [2.05, 4.69) is 36.4 Å². The van der Waals surface area contributed by atoms with E-state index in [4.69, 9.17) is 4.74 Å². The predicted molar refractivity (Wildman–Crippen MR) is 79.7 cm³/mol. The van der Waals surface area contributed by atoms with Crippen LogP contribution in [0, 0.1) is 8.80 Å². The second kappa shape index (κ2) is 7.33. The summed E-state index contributed by atoms with van der Waals surface area (Å²) in [6.07, 6.45) is 0. The summed E-state index contributed by atoms with van der Waals surface area (Å²) < 4.78 is 6.19. The Balaban J connectivity index is 2.71. The summed E-state index contributed by atoms with van der Waals surface area (Å²) in [5, 5.41) is 1.92. The van der Waals surface area contributed by atoms with Gasteiger partial charge < -0.3 is 9.64 Å². The van der Waals surface area contributed by atoms with Crippen molar-refractivity contribution >= 4 is 39.8 Å². The van der Waals surface area contributed by atoms with E-state index in [1.165, 1.54) is 0 Å². The topological polar surface area (TPSA) is 29.5 Å². The van der Waals surface area contributed by atoms with Crippen molar-refractivity contribution in [2.45, 2.75) is 13.8 Å².